The molecule has 0 bridgehead atoms. The highest BCUT2D eigenvalue weighted by atomic mass is 15.2. The van der Waals surface area contributed by atoms with Gasteiger partial charge in [-0.25, -0.2) is 4.99 Å². The van der Waals surface area contributed by atoms with Crippen LogP contribution in [0.1, 0.15) is 11.3 Å². The van der Waals surface area contributed by atoms with Crippen LogP contribution in [0, 0.1) is 18.4 Å². The minimum absolute atomic E-state index is 0.418. The van der Waals surface area contributed by atoms with E-state index in [-0.39, 0.29) is 0 Å². The Hall–Kier alpha value is -2.87. The Balaban J connectivity index is 2.09. The monoisotopic (exact) mass is 265 g/mol. The molecule has 5 nitrogen and oxygen atoms in total. The van der Waals surface area contributed by atoms with Crippen molar-refractivity contribution in [3.8, 4) is 6.19 Å². The van der Waals surface area contributed by atoms with E-state index in [4.69, 9.17) is 5.26 Å². The number of anilines is 1. The topological polar surface area (TPSA) is 73.1 Å². The average Bonchev–Trinajstić information content (AvgIpc) is 2.46. The number of nitrogens with one attached hydrogen (secondary N) is 2. The number of nitrogens with zero attached hydrogens (tertiary/aromatic N) is 3. The molecule has 0 spiro atoms. The molecule has 0 fully saturated rings. The first-order chi connectivity index (χ1) is 9.78. The minimum Gasteiger partial charge on any atom is -0.325 e. The van der Waals surface area contributed by atoms with Crippen LogP contribution >= 0.6 is 0 Å². The van der Waals surface area contributed by atoms with Crippen LogP contribution in [0.2, 0.25) is 0 Å². The molecule has 2 N–H and O–H groups in total. The molecule has 0 unspecified atom stereocenters. The normalized spacial score (nSPS) is 10.7. The van der Waals surface area contributed by atoms with Gasteiger partial charge in [0.05, 0.1) is 6.54 Å². The number of pyridine rings is 1. The lowest BCUT2D eigenvalue weighted by Crippen LogP contribution is -2.26. The number of benzene rings is 1. The number of nitriles is 1. The van der Waals surface area contributed by atoms with Crippen LogP contribution in [-0.4, -0.2) is 10.9 Å². The Morgan fingerprint density at radius 3 is 2.80 bits per heavy atom. The van der Waals surface area contributed by atoms with E-state index in [9.17, 15) is 0 Å². The maximum Gasteiger partial charge on any atom is 0.209 e. The fraction of sp³-hybridized carbons (Fsp3) is 0.133. The van der Waals surface area contributed by atoms with Crippen molar-refractivity contribution in [3.05, 3.63) is 59.9 Å². The first-order valence-corrected chi connectivity index (χ1v) is 6.21. The predicted molar refractivity (Wildman–Crippen MR) is 78.9 cm³/mol. The van der Waals surface area contributed by atoms with Crippen molar-refractivity contribution < 1.29 is 0 Å². The van der Waals surface area contributed by atoms with Gasteiger partial charge in [-0.1, -0.05) is 30.3 Å². The summed E-state index contributed by atoms with van der Waals surface area (Å²) < 4.78 is 0. The maximum absolute atomic E-state index is 8.77. The summed E-state index contributed by atoms with van der Waals surface area (Å²) in [7, 11) is 0. The molecule has 5 heteroatoms. The van der Waals surface area contributed by atoms with Crippen LogP contribution in [0.4, 0.5) is 5.69 Å². The lowest BCUT2D eigenvalue weighted by Gasteiger charge is -2.08. The van der Waals surface area contributed by atoms with Gasteiger partial charge in [0.25, 0.3) is 0 Å². The van der Waals surface area contributed by atoms with Crippen LogP contribution in [0.15, 0.2) is 53.7 Å². The number of aryl methyl sites for hydroxylation is 1. The molecule has 1 heterocycles. The van der Waals surface area contributed by atoms with Crippen molar-refractivity contribution in [2.75, 3.05) is 5.32 Å². The molecule has 0 aliphatic heterocycles. The van der Waals surface area contributed by atoms with Crippen LogP contribution in [-0.2, 0) is 6.54 Å². The summed E-state index contributed by atoms with van der Waals surface area (Å²) in [4.78, 5) is 8.48. The molecule has 0 saturated heterocycles. The first kappa shape index (κ1) is 13.6. The molecule has 2 aromatic rings. The fourth-order valence-electron chi connectivity index (χ4n) is 1.68. The van der Waals surface area contributed by atoms with Gasteiger partial charge in [0.2, 0.25) is 5.96 Å². The number of guanidine groups is 1. The molecule has 0 aliphatic carbocycles. The van der Waals surface area contributed by atoms with E-state index in [2.05, 4.69) is 20.6 Å². The number of hydrogen-bond acceptors (Lipinski definition) is 3. The van der Waals surface area contributed by atoms with Crippen LogP contribution in [0.3, 0.4) is 0 Å². The largest absolute Gasteiger partial charge is 0.325 e. The second-order valence-corrected chi connectivity index (χ2v) is 4.20. The van der Waals surface area contributed by atoms with Gasteiger partial charge in [0, 0.05) is 17.6 Å². The minimum atomic E-state index is 0.418. The quantitative estimate of drug-likeness (QED) is 0.387. The van der Waals surface area contributed by atoms with E-state index in [1.54, 1.807) is 6.20 Å². The summed E-state index contributed by atoms with van der Waals surface area (Å²) in [5.74, 6) is 0.418. The van der Waals surface area contributed by atoms with Gasteiger partial charge in [0.15, 0.2) is 6.19 Å². The molecule has 1 aromatic carbocycles. The zero-order chi connectivity index (χ0) is 14.2. The third-order valence-corrected chi connectivity index (χ3v) is 2.60. The van der Waals surface area contributed by atoms with Gasteiger partial charge in [-0.2, -0.15) is 5.26 Å². The average molecular weight is 265 g/mol. The molecule has 0 radical (unpaired) electrons. The van der Waals surface area contributed by atoms with E-state index >= 15 is 0 Å². The highest BCUT2D eigenvalue weighted by molar-refractivity contribution is 5.94. The van der Waals surface area contributed by atoms with Crippen molar-refractivity contribution in [2.24, 2.45) is 4.99 Å². The summed E-state index contributed by atoms with van der Waals surface area (Å²) >= 11 is 0. The van der Waals surface area contributed by atoms with Crippen molar-refractivity contribution in [1.29, 1.82) is 5.26 Å². The number of aromatic nitrogens is 1. The zero-order valence-electron chi connectivity index (χ0n) is 11.2. The van der Waals surface area contributed by atoms with E-state index in [0.717, 1.165) is 16.9 Å². The molecule has 1 aromatic heterocycles. The molecule has 0 aliphatic rings. The second-order valence-electron chi connectivity index (χ2n) is 4.20. The van der Waals surface area contributed by atoms with Gasteiger partial charge in [-0.05, 0) is 24.6 Å². The molecule has 0 amide bonds. The Labute approximate surface area is 118 Å². The molecule has 2 rings (SSSR count). The van der Waals surface area contributed by atoms with Gasteiger partial charge in [0.1, 0.15) is 0 Å². The molecular formula is C15H15N5. The van der Waals surface area contributed by atoms with Gasteiger partial charge in [-0.15, -0.1) is 0 Å². The van der Waals surface area contributed by atoms with E-state index in [1.165, 1.54) is 0 Å². The van der Waals surface area contributed by atoms with Crippen molar-refractivity contribution in [1.82, 2.24) is 10.3 Å². The van der Waals surface area contributed by atoms with E-state index < -0.39 is 0 Å². The van der Waals surface area contributed by atoms with Crippen molar-refractivity contribution >= 4 is 11.6 Å². The summed E-state index contributed by atoms with van der Waals surface area (Å²) in [5.41, 5.74) is 2.82. The molecular weight excluding hydrogens is 250 g/mol. The lowest BCUT2D eigenvalue weighted by molar-refractivity contribution is 1.04. The number of hydrogen-bond donors (Lipinski definition) is 2. The summed E-state index contributed by atoms with van der Waals surface area (Å²) in [5, 5.41) is 14.4. The van der Waals surface area contributed by atoms with Crippen molar-refractivity contribution in [2.45, 2.75) is 13.5 Å². The van der Waals surface area contributed by atoms with Crippen LogP contribution in [0.5, 0.6) is 0 Å². The smallest absolute Gasteiger partial charge is 0.209 e. The first-order valence-electron chi connectivity index (χ1n) is 6.21. The lowest BCUT2D eigenvalue weighted by atomic mass is 10.2. The summed E-state index contributed by atoms with van der Waals surface area (Å²) in [6.45, 7) is 2.41. The van der Waals surface area contributed by atoms with E-state index in [0.29, 0.717) is 12.5 Å². The Morgan fingerprint density at radius 2 is 2.10 bits per heavy atom. The Kier molecular flexibility index (Phi) is 4.68. The van der Waals surface area contributed by atoms with Gasteiger partial charge < -0.3 is 5.32 Å². The summed E-state index contributed by atoms with van der Waals surface area (Å²) in [6.07, 6.45) is 3.59. The zero-order valence-corrected chi connectivity index (χ0v) is 11.2. The Bertz CT molecular complexity index is 628. The van der Waals surface area contributed by atoms with Gasteiger partial charge in [-0.3, -0.25) is 10.3 Å². The van der Waals surface area contributed by atoms with Crippen LogP contribution in [0.25, 0.3) is 0 Å². The maximum atomic E-state index is 8.77. The SMILES string of the molecule is Cc1cc(NC(=NCc2ccccc2)NC#N)ccn1. The molecule has 20 heavy (non-hydrogen) atoms. The third-order valence-electron chi connectivity index (χ3n) is 2.60. The Morgan fingerprint density at radius 1 is 1.30 bits per heavy atom. The van der Waals surface area contributed by atoms with Gasteiger partial charge >= 0.3 is 0 Å². The molecule has 100 valence electrons. The molecule has 0 saturated carbocycles. The number of rotatable bonds is 3. The summed E-state index contributed by atoms with van der Waals surface area (Å²) in [6, 6.07) is 13.6. The third kappa shape index (κ3) is 4.10. The predicted octanol–water partition coefficient (Wildman–Crippen LogP) is 2.43. The highest BCUT2D eigenvalue weighted by Crippen LogP contribution is 2.07. The molecule has 0 atom stereocenters. The van der Waals surface area contributed by atoms with Crippen LogP contribution < -0.4 is 10.6 Å². The van der Waals surface area contributed by atoms with E-state index in [1.807, 2.05) is 55.6 Å². The standard InChI is InChI=1S/C15H15N5/c1-12-9-14(7-8-17-12)20-15(19-11-16)18-10-13-5-3-2-4-6-13/h2-9H,10H2,1H3,(H2,17,18,19,20). The second kappa shape index (κ2) is 6.90. The fourth-order valence-corrected chi connectivity index (χ4v) is 1.68. The van der Waals surface area contributed by atoms with Crippen molar-refractivity contribution in [3.63, 3.8) is 0 Å². The highest BCUT2D eigenvalue weighted by Gasteiger charge is 2.00. The number of aliphatic imine (C=N–C) groups is 1.